The molecular formula is C20H27FN4O2S. The number of nitrogens with zero attached hydrogens (tertiary/aromatic N) is 1. The van der Waals surface area contributed by atoms with Gasteiger partial charge >= 0.3 is 6.09 Å². The lowest BCUT2D eigenvalue weighted by atomic mass is 10.2. The van der Waals surface area contributed by atoms with Crippen LogP contribution in [0.1, 0.15) is 52.9 Å². The van der Waals surface area contributed by atoms with Crippen molar-refractivity contribution in [2.45, 2.75) is 75.5 Å². The van der Waals surface area contributed by atoms with Crippen molar-refractivity contribution < 1.29 is 13.9 Å². The molecule has 0 saturated heterocycles. The maximum atomic E-state index is 14.1. The summed E-state index contributed by atoms with van der Waals surface area (Å²) in [6, 6.07) is 3.25. The Morgan fingerprint density at radius 3 is 2.71 bits per heavy atom. The monoisotopic (exact) mass is 406 g/mol. The van der Waals surface area contributed by atoms with Crippen LogP contribution in [0.15, 0.2) is 22.0 Å². The van der Waals surface area contributed by atoms with Gasteiger partial charge in [0.25, 0.3) is 0 Å². The van der Waals surface area contributed by atoms with Gasteiger partial charge in [-0.25, -0.2) is 14.2 Å². The lowest BCUT2D eigenvalue weighted by molar-refractivity contribution is 0.0505. The summed E-state index contributed by atoms with van der Waals surface area (Å²) in [4.78, 5) is 17.6. The molecule has 1 aliphatic heterocycles. The van der Waals surface area contributed by atoms with Crippen LogP contribution in [0.2, 0.25) is 0 Å². The number of anilines is 1. The van der Waals surface area contributed by atoms with Gasteiger partial charge in [0.05, 0.1) is 10.6 Å². The van der Waals surface area contributed by atoms with Gasteiger partial charge in [0.1, 0.15) is 22.9 Å². The largest absolute Gasteiger partial charge is 0.444 e. The highest BCUT2D eigenvalue weighted by atomic mass is 32.2. The molecule has 4 rings (SSSR count). The Morgan fingerprint density at radius 2 is 2.00 bits per heavy atom. The Morgan fingerprint density at radius 1 is 1.25 bits per heavy atom. The van der Waals surface area contributed by atoms with Crippen LogP contribution in [-0.4, -0.2) is 29.6 Å². The van der Waals surface area contributed by atoms with Crippen molar-refractivity contribution >= 4 is 35.3 Å². The number of benzene rings is 1. The Bertz CT molecular complexity index is 804. The Hall–Kier alpha value is -1.96. The zero-order valence-corrected chi connectivity index (χ0v) is 17.3. The summed E-state index contributed by atoms with van der Waals surface area (Å²) in [6.45, 7) is 5.55. The van der Waals surface area contributed by atoms with Gasteiger partial charge in [-0.3, -0.25) is 0 Å². The first kappa shape index (κ1) is 19.4. The molecule has 2 fully saturated rings. The molecule has 2 aliphatic carbocycles. The quantitative estimate of drug-likeness (QED) is 0.630. The van der Waals surface area contributed by atoms with Crippen LogP contribution < -0.4 is 15.4 Å². The highest BCUT2D eigenvalue weighted by molar-refractivity contribution is 7.98. The molecule has 2 saturated carbocycles. The fraction of sp³-hybridized carbons (Fsp3) is 0.600. The minimum absolute atomic E-state index is 0.0540. The molecular weight excluding hydrogens is 379 g/mol. The van der Waals surface area contributed by atoms with E-state index in [1.807, 2.05) is 20.8 Å². The highest BCUT2D eigenvalue weighted by Crippen LogP contribution is 2.43. The number of nitrogens with one attached hydrogen (secondary N) is 3. The smallest absolute Gasteiger partial charge is 0.407 e. The van der Waals surface area contributed by atoms with Crippen molar-refractivity contribution in [2.24, 2.45) is 10.9 Å². The molecule has 3 aliphatic rings. The first-order valence-electron chi connectivity index (χ1n) is 9.88. The summed E-state index contributed by atoms with van der Waals surface area (Å²) in [5, 5.41) is 6.40. The number of amides is 1. The molecule has 0 aromatic heterocycles. The van der Waals surface area contributed by atoms with Crippen molar-refractivity contribution in [1.29, 1.82) is 0 Å². The lowest BCUT2D eigenvalue weighted by Gasteiger charge is -2.23. The van der Waals surface area contributed by atoms with Crippen molar-refractivity contribution in [2.75, 3.05) is 5.32 Å². The fourth-order valence-electron chi connectivity index (χ4n) is 3.60. The minimum Gasteiger partial charge on any atom is -0.444 e. The van der Waals surface area contributed by atoms with Crippen LogP contribution in [0.5, 0.6) is 0 Å². The Labute approximate surface area is 169 Å². The average Bonchev–Trinajstić information content (AvgIpc) is 3.35. The third kappa shape index (κ3) is 4.71. The second-order valence-corrected chi connectivity index (χ2v) is 9.62. The van der Waals surface area contributed by atoms with Crippen molar-refractivity contribution in [3.63, 3.8) is 0 Å². The van der Waals surface area contributed by atoms with Gasteiger partial charge in [0.2, 0.25) is 0 Å². The molecule has 152 valence electrons. The summed E-state index contributed by atoms with van der Waals surface area (Å²) in [5.41, 5.74) is 1.03. The summed E-state index contributed by atoms with van der Waals surface area (Å²) in [7, 11) is 0. The molecule has 0 spiro atoms. The predicted octanol–water partition coefficient (Wildman–Crippen LogP) is 4.73. The van der Waals surface area contributed by atoms with Gasteiger partial charge in [-0.2, -0.15) is 0 Å². The number of fused-ring (bicyclic) bond motifs is 1. The van der Waals surface area contributed by atoms with Crippen LogP contribution >= 0.6 is 11.9 Å². The fourth-order valence-corrected chi connectivity index (χ4v) is 4.45. The van der Waals surface area contributed by atoms with E-state index in [0.29, 0.717) is 5.92 Å². The van der Waals surface area contributed by atoms with Gasteiger partial charge < -0.3 is 20.1 Å². The van der Waals surface area contributed by atoms with E-state index in [-0.39, 0.29) is 24.0 Å². The molecule has 1 amide bonds. The van der Waals surface area contributed by atoms with Crippen LogP contribution in [0.25, 0.3) is 0 Å². The van der Waals surface area contributed by atoms with Crippen LogP contribution in [0.4, 0.5) is 20.6 Å². The number of hydrogen-bond donors (Lipinski definition) is 3. The zero-order valence-electron chi connectivity index (χ0n) is 16.5. The number of rotatable bonds is 4. The number of carbonyl (C=O) groups is 1. The van der Waals surface area contributed by atoms with Gasteiger partial charge in [0.15, 0.2) is 0 Å². The van der Waals surface area contributed by atoms with Crippen LogP contribution in [-0.2, 0) is 4.74 Å². The molecule has 1 aromatic carbocycles. The van der Waals surface area contributed by atoms with Crippen LogP contribution in [0.3, 0.4) is 0 Å². The van der Waals surface area contributed by atoms with E-state index < -0.39 is 5.60 Å². The molecule has 8 heteroatoms. The van der Waals surface area contributed by atoms with E-state index in [0.717, 1.165) is 54.2 Å². The predicted molar refractivity (Wildman–Crippen MR) is 110 cm³/mol. The van der Waals surface area contributed by atoms with E-state index in [2.05, 4.69) is 15.4 Å². The molecule has 2 unspecified atom stereocenters. The topological polar surface area (TPSA) is 74.8 Å². The van der Waals surface area contributed by atoms with Crippen LogP contribution in [0, 0.1) is 11.7 Å². The standard InChI is InChI=1S/C20H27FN4O2S/c1-20(2,3)27-19(26)23-14-7-6-13(10-14)22-15-8-12(21)9-16-17(15)24-18(25-28-16)11-4-5-11/h8-9,11,13-14,22H,4-7,10H2,1-3H3,(H,23,26)(H,24,25). The first-order valence-corrected chi connectivity index (χ1v) is 10.7. The van der Waals surface area contributed by atoms with Crippen molar-refractivity contribution in [3.8, 4) is 0 Å². The van der Waals surface area contributed by atoms with Crippen molar-refractivity contribution in [3.05, 3.63) is 17.9 Å². The molecule has 1 heterocycles. The van der Waals surface area contributed by atoms with Gasteiger partial charge in [-0.1, -0.05) is 0 Å². The highest BCUT2D eigenvalue weighted by Gasteiger charge is 2.32. The van der Waals surface area contributed by atoms with E-state index in [9.17, 15) is 9.18 Å². The van der Waals surface area contributed by atoms with Crippen molar-refractivity contribution in [1.82, 2.24) is 10.0 Å². The van der Waals surface area contributed by atoms with Gasteiger partial charge in [0, 0.05) is 18.0 Å². The number of ether oxygens (including phenoxy) is 1. The van der Waals surface area contributed by atoms with E-state index in [1.54, 1.807) is 0 Å². The third-order valence-electron chi connectivity index (χ3n) is 5.01. The second kappa shape index (κ2) is 7.46. The first-order chi connectivity index (χ1) is 13.3. The number of carbonyl (C=O) groups excluding carboxylic acids is 1. The number of halogens is 1. The SMILES string of the molecule is CC(C)(C)OC(=O)NC1CCC(Nc2cc(F)cc3c2N=C(C2CC2)NS3)C1. The maximum Gasteiger partial charge on any atom is 0.407 e. The molecule has 3 N–H and O–H groups in total. The molecule has 6 nitrogen and oxygen atoms in total. The summed E-state index contributed by atoms with van der Waals surface area (Å²) in [5.74, 6) is 1.22. The molecule has 0 radical (unpaired) electrons. The molecule has 2 atom stereocenters. The van der Waals surface area contributed by atoms with Gasteiger partial charge in [-0.05, 0) is 77.0 Å². The zero-order chi connectivity index (χ0) is 19.9. The Kier molecular flexibility index (Phi) is 5.16. The van der Waals surface area contributed by atoms with E-state index in [4.69, 9.17) is 9.73 Å². The lowest BCUT2D eigenvalue weighted by Crippen LogP contribution is -2.38. The third-order valence-corrected chi connectivity index (χ3v) is 5.86. The number of hydrogen-bond acceptors (Lipinski definition) is 6. The second-order valence-electron chi connectivity index (χ2n) is 8.77. The number of aliphatic imine (C=N–C) groups is 1. The normalized spacial score (nSPS) is 24.1. The van der Waals surface area contributed by atoms with E-state index >= 15 is 0 Å². The maximum absolute atomic E-state index is 14.1. The minimum atomic E-state index is -0.510. The number of amidine groups is 1. The summed E-state index contributed by atoms with van der Waals surface area (Å²) >= 11 is 1.43. The summed E-state index contributed by atoms with van der Waals surface area (Å²) < 4.78 is 22.7. The molecule has 1 aromatic rings. The number of alkyl carbamates (subject to hydrolysis) is 1. The molecule has 0 bridgehead atoms. The summed E-state index contributed by atoms with van der Waals surface area (Å²) in [6.07, 6.45) is 4.47. The Balaban J connectivity index is 1.42. The van der Waals surface area contributed by atoms with Gasteiger partial charge in [-0.15, -0.1) is 0 Å². The van der Waals surface area contributed by atoms with E-state index in [1.165, 1.54) is 24.1 Å². The average molecular weight is 407 g/mol. The molecule has 28 heavy (non-hydrogen) atoms.